The van der Waals surface area contributed by atoms with E-state index in [1.54, 1.807) is 129 Å². The molecule has 100 heavy (non-hydrogen) atoms. The van der Waals surface area contributed by atoms with Crippen LogP contribution in [-0.2, 0) is 43.2 Å². The first-order valence-corrected chi connectivity index (χ1v) is 36.2. The quantitative estimate of drug-likeness (QED) is 0.0693. The molecule has 1 unspecified atom stereocenters. The number of aryl methyl sites for hydroxylation is 3. The van der Waals surface area contributed by atoms with Gasteiger partial charge in [-0.25, -0.2) is 26.3 Å². The van der Waals surface area contributed by atoms with Crippen molar-refractivity contribution >= 4 is 82.2 Å². The Labute approximate surface area is 581 Å². The highest BCUT2D eigenvalue weighted by Crippen LogP contribution is 2.42. The first kappa shape index (κ1) is 69.2. The topological polar surface area (TPSA) is 296 Å². The van der Waals surface area contributed by atoms with Gasteiger partial charge in [-0.1, -0.05) is 62.4 Å². The number of ketones is 2. The molecule has 11 aromatic rings. The molecule has 3 aliphatic heterocycles. The minimum Gasteiger partial charge on any atom is -0.496 e. The highest BCUT2D eigenvalue weighted by atomic mass is 32.2. The van der Waals surface area contributed by atoms with Crippen LogP contribution in [0, 0.1) is 20.8 Å². The normalized spacial score (nSPS) is 13.0. The second-order valence-corrected chi connectivity index (χ2v) is 29.2. The summed E-state index contributed by atoms with van der Waals surface area (Å²) in [7, 11) is -6.11. The molecule has 3 aliphatic rings. The number of carbonyl (C=O) groups excluding carboxylic acids is 2. The number of sulfone groups is 2. The summed E-state index contributed by atoms with van der Waals surface area (Å²) in [6.07, 6.45) is 0.0853. The van der Waals surface area contributed by atoms with Crippen LogP contribution in [0.2, 0.25) is 0 Å². The number of methoxy groups -OCH3 is 1. The van der Waals surface area contributed by atoms with Crippen molar-refractivity contribution in [3.63, 3.8) is 0 Å². The molecule has 0 aliphatic carbocycles. The highest BCUT2D eigenvalue weighted by Gasteiger charge is 2.33. The molecule has 1 N–H and O–H groups in total. The molecule has 0 spiro atoms. The van der Waals surface area contributed by atoms with Crippen LogP contribution in [0.1, 0.15) is 97.4 Å². The number of benzene rings is 7. The lowest BCUT2D eigenvalue weighted by Gasteiger charge is -2.19. The summed E-state index contributed by atoms with van der Waals surface area (Å²) in [5.41, 5.74) is 6.73. The van der Waals surface area contributed by atoms with E-state index in [4.69, 9.17) is 37.9 Å². The van der Waals surface area contributed by atoms with E-state index in [1.165, 1.54) is 22.8 Å². The van der Waals surface area contributed by atoms with E-state index in [0.717, 1.165) is 55.5 Å². The Hall–Kier alpha value is -10.7. The molecule has 0 fully saturated rings. The van der Waals surface area contributed by atoms with E-state index >= 15 is 0 Å². The van der Waals surface area contributed by atoms with Crippen LogP contribution in [0.15, 0.2) is 170 Å². The smallest absolute Gasteiger partial charge is 0.342 e. The Morgan fingerprint density at radius 3 is 2.02 bits per heavy atom. The molecule has 0 bridgehead atoms. The molecule has 0 radical (unpaired) electrons. The molecule has 4 aromatic heterocycles. The van der Waals surface area contributed by atoms with Gasteiger partial charge in [-0.3, -0.25) is 19.2 Å². The fourth-order valence-corrected chi connectivity index (χ4v) is 16.4. The molecule has 0 saturated heterocycles. The van der Waals surface area contributed by atoms with Gasteiger partial charge in [0.25, 0.3) is 11.1 Å². The van der Waals surface area contributed by atoms with E-state index < -0.39 is 54.3 Å². The van der Waals surface area contributed by atoms with Gasteiger partial charge in [0.05, 0.1) is 63.6 Å². The SMILES string of the molecule is CCOc1ccc2c(c1)c(-c1ccc3c(c1)OCO3)c(C(=O)O)c(=O)n2Cc1ccccc1OC.Cc1cc(C)c(=O)n(C(C(=O)CS(=O)(=O)c2ccc(C(C)C)cc2)c2ccc3c(c2)OCO3)n1.Cc1cc2c(cc1CC(=O)c1sccc1S(=O)(=O)Cc1ccc3nsnc3c1)OCO2. The molecule has 23 nitrogen and oxygen atoms in total. The Bertz CT molecular complexity index is 5390. The number of aromatic nitrogens is 5. The summed E-state index contributed by atoms with van der Waals surface area (Å²) in [5, 5.41) is 16.7. The number of hydrogen-bond acceptors (Lipinski definition) is 22. The zero-order valence-electron chi connectivity index (χ0n) is 55.0. The van der Waals surface area contributed by atoms with Crippen molar-refractivity contribution in [3.05, 3.63) is 227 Å². The summed E-state index contributed by atoms with van der Waals surface area (Å²) in [4.78, 5) is 66.1. The van der Waals surface area contributed by atoms with Crippen molar-refractivity contribution < 1.29 is 74.2 Å². The Balaban J connectivity index is 0.000000142. The van der Waals surface area contributed by atoms with Crippen molar-refractivity contribution in [2.24, 2.45) is 0 Å². The summed E-state index contributed by atoms with van der Waals surface area (Å²) < 4.78 is 107. The number of Topliss-reactive ketones (excluding diaryl/α,β-unsaturated/α-hetero) is 2. The first-order chi connectivity index (χ1) is 48.0. The van der Waals surface area contributed by atoms with Crippen molar-refractivity contribution in [1.82, 2.24) is 23.1 Å². The van der Waals surface area contributed by atoms with Crippen LogP contribution in [0.5, 0.6) is 46.0 Å². The van der Waals surface area contributed by atoms with E-state index in [9.17, 15) is 45.9 Å². The van der Waals surface area contributed by atoms with Gasteiger partial charge in [0.2, 0.25) is 20.4 Å². The van der Waals surface area contributed by atoms with Crippen LogP contribution in [0.25, 0.3) is 33.1 Å². The lowest BCUT2D eigenvalue weighted by molar-refractivity contribution is -0.119. The number of pyridine rings is 1. The van der Waals surface area contributed by atoms with Crippen LogP contribution < -0.4 is 49.0 Å². The van der Waals surface area contributed by atoms with Gasteiger partial charge in [0.15, 0.2) is 65.7 Å². The minimum atomic E-state index is -3.96. The molecule has 0 amide bonds. The number of fused-ring (bicyclic) bond motifs is 5. The molecule has 14 rings (SSSR count). The third kappa shape index (κ3) is 14.5. The third-order valence-corrected chi connectivity index (χ3v) is 21.8. The highest BCUT2D eigenvalue weighted by molar-refractivity contribution is 7.92. The molecule has 0 saturated carbocycles. The van der Waals surface area contributed by atoms with Crippen LogP contribution in [0.3, 0.4) is 0 Å². The van der Waals surface area contributed by atoms with E-state index in [-0.39, 0.29) is 71.0 Å². The lowest BCUT2D eigenvalue weighted by atomic mass is 9.95. The standard InChI is InChI=1S/C27H23NO7.C25H26N2O6S.C21H16N2O5S3/c1-3-33-18-9-10-20-19(13-18)24(16-8-11-22-23(12-16)35-15-34-22)25(27(30)31)26(29)28(20)14-17-6-4-5-7-21(17)32-2;1-15(2)18-5-8-20(9-6-18)34(30,31)13-21(28)24(27-25(29)16(3)11-17(4)26-27)19-7-10-22-23(12-19)33-14-32-22;1-12-6-18-19(28-11-27-18)9-14(12)8-17(24)21-20(4-5-29-21)31(25,26)10-13-2-3-15-16(7-13)23-30-22-15/h4-13H,3,14-15H2,1-2H3,(H,30,31);5-12,15,24H,13-14H2,1-4H3;2-7,9H,8,10-11H2,1H3. The van der Waals surface area contributed by atoms with Crippen molar-refractivity contribution in [3.8, 4) is 57.1 Å². The number of para-hydroxylation sites is 1. The minimum absolute atomic E-state index is 0.0416. The van der Waals surface area contributed by atoms with Crippen molar-refractivity contribution in [2.75, 3.05) is 39.8 Å². The second kappa shape index (κ2) is 29.0. The summed E-state index contributed by atoms with van der Waals surface area (Å²) >= 11 is 2.23. The first-order valence-electron chi connectivity index (χ1n) is 31.3. The zero-order chi connectivity index (χ0) is 70.7. The van der Waals surface area contributed by atoms with Gasteiger partial charge in [-0.2, -0.15) is 13.8 Å². The van der Waals surface area contributed by atoms with Crippen LogP contribution in [-0.4, -0.2) is 102 Å². The number of carboxylic acid groups (broad SMARTS) is 1. The fourth-order valence-electron chi connectivity index (χ4n) is 11.8. The molecule has 1 atom stereocenters. The predicted molar refractivity (Wildman–Crippen MR) is 374 cm³/mol. The molecule has 27 heteroatoms. The summed E-state index contributed by atoms with van der Waals surface area (Å²) in [5.74, 6) is 1.43. The average Bonchev–Trinajstić information content (AvgIpc) is 0.803. The molecule has 7 heterocycles. The summed E-state index contributed by atoms with van der Waals surface area (Å²) in [6, 6.07) is 39.8. The van der Waals surface area contributed by atoms with E-state index in [0.29, 0.717) is 103 Å². The molecular weight excluding hydrogens is 1360 g/mol. The Kier molecular flexibility index (Phi) is 20.1. The Morgan fingerprint density at radius 2 is 1.32 bits per heavy atom. The van der Waals surface area contributed by atoms with Crippen LogP contribution >= 0.6 is 23.1 Å². The maximum absolute atomic E-state index is 13.7. The van der Waals surface area contributed by atoms with Gasteiger partial charge in [-0.15, -0.1) is 11.3 Å². The van der Waals surface area contributed by atoms with Gasteiger partial charge in [-0.05, 0) is 169 Å². The largest absolute Gasteiger partial charge is 0.496 e. The van der Waals surface area contributed by atoms with Gasteiger partial charge < -0.3 is 47.6 Å². The van der Waals surface area contributed by atoms with E-state index in [1.807, 2.05) is 52.0 Å². The number of ether oxygens (including phenoxy) is 8. The molecular formula is C73H65N5O18S4. The number of rotatable bonds is 20. The van der Waals surface area contributed by atoms with Crippen LogP contribution in [0.4, 0.5) is 0 Å². The molecule has 7 aromatic carbocycles. The average molecular weight is 1430 g/mol. The number of nitrogens with zero attached hydrogens (tertiary/aromatic N) is 5. The zero-order valence-corrected chi connectivity index (χ0v) is 58.3. The van der Waals surface area contributed by atoms with E-state index in [2.05, 4.69) is 13.8 Å². The van der Waals surface area contributed by atoms with Gasteiger partial charge >= 0.3 is 5.97 Å². The number of aromatic carboxylic acids is 1. The van der Waals surface area contributed by atoms with Crippen molar-refractivity contribution in [2.45, 2.75) is 82.0 Å². The van der Waals surface area contributed by atoms with Crippen molar-refractivity contribution in [1.29, 1.82) is 0 Å². The second-order valence-electron chi connectivity index (χ2n) is 23.8. The maximum Gasteiger partial charge on any atom is 0.342 e. The maximum atomic E-state index is 13.7. The fraction of sp³-hybridized carbons (Fsp3) is 0.233. The number of carbonyl (C=O) groups is 3. The van der Waals surface area contributed by atoms with Gasteiger partial charge in [0, 0.05) is 28.5 Å². The molecule has 514 valence electrons. The lowest BCUT2D eigenvalue weighted by Crippen LogP contribution is -2.36. The Morgan fingerprint density at radius 1 is 0.660 bits per heavy atom. The number of carboxylic acids is 1. The number of thiophene rings is 1. The predicted octanol–water partition coefficient (Wildman–Crippen LogP) is 12.1. The van der Waals surface area contributed by atoms with Gasteiger partial charge in [0.1, 0.15) is 39.9 Å². The monoisotopic (exact) mass is 1430 g/mol. The number of hydrogen-bond donors (Lipinski definition) is 1. The third-order valence-electron chi connectivity index (χ3n) is 16.8. The summed E-state index contributed by atoms with van der Waals surface area (Å²) in [6.45, 7) is 12.0.